The third-order valence-electron chi connectivity index (χ3n) is 15.1. The second-order valence-corrected chi connectivity index (χ2v) is 18.2. The highest BCUT2D eigenvalue weighted by atomic mass is 16.1. The van der Waals surface area contributed by atoms with Crippen molar-refractivity contribution in [1.29, 1.82) is 0 Å². The molecule has 5 aliphatic rings. The predicted molar refractivity (Wildman–Crippen MR) is 199 cm³/mol. The lowest BCUT2D eigenvalue weighted by molar-refractivity contribution is -0.143. The highest BCUT2D eigenvalue weighted by Gasteiger charge is 2.66. The molecule has 4 nitrogen and oxygen atoms in total. The Balaban J connectivity index is 1.03. The molecule has 268 valence electrons. The summed E-state index contributed by atoms with van der Waals surface area (Å²) in [7, 11) is 0. The van der Waals surface area contributed by atoms with Gasteiger partial charge in [-0.25, -0.2) is 0 Å². The highest BCUT2D eigenvalue weighted by Crippen LogP contribution is 2.66. The van der Waals surface area contributed by atoms with Gasteiger partial charge in [0, 0.05) is 53.3 Å². The third-order valence-corrected chi connectivity index (χ3v) is 15.1. The van der Waals surface area contributed by atoms with E-state index in [0.29, 0.717) is 18.1 Å². The topological polar surface area (TPSA) is 68.3 Å². The fraction of sp³-hybridized carbons (Fsp3) is 0.652. The molecular weight excluding hydrogens is 617 g/mol. The molecule has 0 amide bonds. The van der Waals surface area contributed by atoms with E-state index in [4.69, 9.17) is 0 Å². The number of fused-ring (bicyclic) bond motifs is 1. The molecule has 0 bridgehead atoms. The van der Waals surface area contributed by atoms with Gasteiger partial charge in [0.15, 0.2) is 0 Å². The summed E-state index contributed by atoms with van der Waals surface area (Å²) in [5.41, 5.74) is 1.91. The van der Waals surface area contributed by atoms with Crippen molar-refractivity contribution in [2.75, 3.05) is 0 Å². The zero-order valence-electron chi connectivity index (χ0n) is 31.0. The molecule has 0 N–H and O–H groups in total. The Bertz CT molecular complexity index is 1570. The first-order valence-corrected chi connectivity index (χ1v) is 20.3. The molecule has 4 atom stereocenters. The number of rotatable bonds is 11. The van der Waals surface area contributed by atoms with Crippen molar-refractivity contribution in [3.05, 3.63) is 71.3 Å². The van der Waals surface area contributed by atoms with Gasteiger partial charge >= 0.3 is 0 Å². The van der Waals surface area contributed by atoms with E-state index in [0.717, 1.165) is 76.0 Å². The molecule has 0 saturated heterocycles. The van der Waals surface area contributed by atoms with Gasteiger partial charge in [-0.15, -0.1) is 0 Å². The van der Waals surface area contributed by atoms with Crippen LogP contribution in [0.15, 0.2) is 54.6 Å². The number of ketones is 4. The van der Waals surface area contributed by atoms with E-state index in [-0.39, 0.29) is 53.4 Å². The first kappa shape index (κ1) is 35.5. The van der Waals surface area contributed by atoms with Gasteiger partial charge in [-0.3, -0.25) is 19.2 Å². The maximum absolute atomic E-state index is 14.7. The lowest BCUT2D eigenvalue weighted by Crippen LogP contribution is -2.42. The lowest BCUT2D eigenvalue weighted by atomic mass is 9.63. The van der Waals surface area contributed by atoms with Crippen molar-refractivity contribution < 1.29 is 19.2 Å². The lowest BCUT2D eigenvalue weighted by Gasteiger charge is -2.39. The first-order chi connectivity index (χ1) is 24.0. The normalized spacial score (nSPS) is 34.3. The van der Waals surface area contributed by atoms with Gasteiger partial charge in [0.25, 0.3) is 0 Å². The fourth-order valence-corrected chi connectivity index (χ4v) is 11.4. The van der Waals surface area contributed by atoms with E-state index in [9.17, 15) is 19.2 Å². The van der Waals surface area contributed by atoms with Crippen LogP contribution in [0.3, 0.4) is 0 Å². The van der Waals surface area contributed by atoms with Crippen LogP contribution in [0.25, 0.3) is 0 Å². The molecule has 50 heavy (non-hydrogen) atoms. The zero-order valence-corrected chi connectivity index (χ0v) is 31.0. The maximum atomic E-state index is 14.7. The molecule has 0 aliphatic heterocycles. The SMILES string of the molecule is CC(CC(=O)C1CCC(C2Cc3ccccc3CC2=O)CC1)(CC(=O)C1(C)C[C@@]1(C)c1ccccc1)C(=O)C1CCC(C2CCCCC2)CC1. The van der Waals surface area contributed by atoms with Crippen LogP contribution in [0.4, 0.5) is 0 Å². The summed E-state index contributed by atoms with van der Waals surface area (Å²) in [6.07, 6.45) is 16.5. The first-order valence-electron chi connectivity index (χ1n) is 20.3. The van der Waals surface area contributed by atoms with Gasteiger partial charge in [-0.1, -0.05) is 107 Å². The fourth-order valence-electron chi connectivity index (χ4n) is 11.4. The number of hydrogen-bond donors (Lipinski definition) is 0. The summed E-state index contributed by atoms with van der Waals surface area (Å²) in [6.45, 7) is 6.23. The molecule has 0 aromatic heterocycles. The minimum Gasteiger partial charge on any atom is -0.299 e. The van der Waals surface area contributed by atoms with Crippen molar-refractivity contribution in [3.8, 4) is 0 Å². The Morgan fingerprint density at radius 2 is 1.26 bits per heavy atom. The van der Waals surface area contributed by atoms with Gasteiger partial charge < -0.3 is 0 Å². The largest absolute Gasteiger partial charge is 0.299 e. The number of Topliss-reactive ketones (excluding diaryl/α,β-unsaturated/α-hetero) is 4. The van der Waals surface area contributed by atoms with Crippen LogP contribution in [0.2, 0.25) is 0 Å². The Hall–Kier alpha value is -2.88. The van der Waals surface area contributed by atoms with E-state index >= 15 is 0 Å². The van der Waals surface area contributed by atoms with Crippen LogP contribution in [0.1, 0.15) is 140 Å². The Morgan fingerprint density at radius 1 is 0.680 bits per heavy atom. The number of carbonyl (C=O) groups excluding carboxylic acids is 4. The second kappa shape index (κ2) is 14.3. The Morgan fingerprint density at radius 3 is 1.94 bits per heavy atom. The second-order valence-electron chi connectivity index (χ2n) is 18.2. The molecule has 7 rings (SSSR count). The van der Waals surface area contributed by atoms with Crippen molar-refractivity contribution >= 4 is 23.1 Å². The van der Waals surface area contributed by atoms with Crippen molar-refractivity contribution in [2.45, 2.75) is 142 Å². The third kappa shape index (κ3) is 6.86. The summed E-state index contributed by atoms with van der Waals surface area (Å²) in [5, 5.41) is 0. The quantitative estimate of drug-likeness (QED) is 0.238. The zero-order chi connectivity index (χ0) is 35.1. The van der Waals surface area contributed by atoms with Crippen LogP contribution in [0, 0.1) is 46.3 Å². The number of hydrogen-bond acceptors (Lipinski definition) is 4. The standard InChI is InChI=1S/C46H60O4/c1-44(29-42(49)46(3)30-45(46,2)38-16-8-5-9-17-38,43(50)35-24-18-32(19-25-35)31-12-6-4-7-13-31)28-41(48)34-22-20-33(21-23-34)39-26-36-14-10-11-15-37(36)27-40(39)47/h5,8-11,14-17,31-35,39H,4,6-7,12-13,18-30H2,1-3H3/t32?,33?,34?,35?,39?,44?,45-,46?/m0/s1. The molecule has 4 saturated carbocycles. The number of benzene rings is 2. The molecule has 0 radical (unpaired) electrons. The maximum Gasteiger partial charge on any atom is 0.142 e. The van der Waals surface area contributed by atoms with Gasteiger partial charge in [0.2, 0.25) is 0 Å². The minimum atomic E-state index is -0.973. The molecule has 2 aromatic carbocycles. The average Bonchev–Trinajstić information content (AvgIpc) is 3.74. The Kier molecular flexibility index (Phi) is 10.1. The summed E-state index contributed by atoms with van der Waals surface area (Å²) in [6, 6.07) is 18.7. The molecule has 5 aliphatic carbocycles. The molecule has 2 aromatic rings. The van der Waals surface area contributed by atoms with Gasteiger partial charge in [-0.05, 0) is 98.7 Å². The number of carbonyl (C=O) groups is 4. The van der Waals surface area contributed by atoms with Crippen LogP contribution < -0.4 is 0 Å². The summed E-state index contributed by atoms with van der Waals surface area (Å²) in [4.78, 5) is 56.5. The summed E-state index contributed by atoms with van der Waals surface area (Å²) >= 11 is 0. The molecule has 4 fully saturated rings. The van der Waals surface area contributed by atoms with Crippen LogP contribution >= 0.6 is 0 Å². The van der Waals surface area contributed by atoms with E-state index in [1.807, 2.05) is 31.2 Å². The van der Waals surface area contributed by atoms with E-state index in [1.165, 1.54) is 48.8 Å². The van der Waals surface area contributed by atoms with Crippen LogP contribution in [-0.4, -0.2) is 23.1 Å². The van der Waals surface area contributed by atoms with Crippen LogP contribution in [0.5, 0.6) is 0 Å². The van der Waals surface area contributed by atoms with Crippen molar-refractivity contribution in [2.24, 2.45) is 46.3 Å². The molecular formula is C46H60O4. The minimum absolute atomic E-state index is 0.0485. The highest BCUT2D eigenvalue weighted by molar-refractivity contribution is 5.99. The molecule has 0 spiro atoms. The average molecular weight is 677 g/mol. The monoisotopic (exact) mass is 676 g/mol. The molecule has 0 heterocycles. The van der Waals surface area contributed by atoms with Crippen molar-refractivity contribution in [1.82, 2.24) is 0 Å². The van der Waals surface area contributed by atoms with Crippen LogP contribution in [-0.2, 0) is 37.4 Å². The van der Waals surface area contributed by atoms with Gasteiger partial charge in [0.1, 0.15) is 23.1 Å². The summed E-state index contributed by atoms with van der Waals surface area (Å²) in [5.74, 6) is 2.59. The predicted octanol–water partition coefficient (Wildman–Crippen LogP) is 10.0. The van der Waals surface area contributed by atoms with E-state index in [1.54, 1.807) is 0 Å². The molecule has 4 heteroatoms. The van der Waals surface area contributed by atoms with Gasteiger partial charge in [0.05, 0.1) is 0 Å². The van der Waals surface area contributed by atoms with Gasteiger partial charge in [-0.2, -0.15) is 0 Å². The van der Waals surface area contributed by atoms with Crippen molar-refractivity contribution in [3.63, 3.8) is 0 Å². The van der Waals surface area contributed by atoms with E-state index in [2.05, 4.69) is 44.2 Å². The smallest absolute Gasteiger partial charge is 0.142 e. The van der Waals surface area contributed by atoms with E-state index < -0.39 is 10.8 Å². The summed E-state index contributed by atoms with van der Waals surface area (Å²) < 4.78 is 0. The Labute approximate surface area is 301 Å². The molecule has 3 unspecified atom stereocenters.